The van der Waals surface area contributed by atoms with Gasteiger partial charge in [0, 0.05) is 26.1 Å². The third-order valence-electron chi connectivity index (χ3n) is 3.57. The Hall–Kier alpha value is -0.620. The quantitative estimate of drug-likeness (QED) is 0.756. The van der Waals surface area contributed by atoms with E-state index in [2.05, 4.69) is 0 Å². The number of halogens is 1. The summed E-state index contributed by atoms with van der Waals surface area (Å²) in [5, 5.41) is 0. The summed E-state index contributed by atoms with van der Waals surface area (Å²) in [4.78, 5) is 0. The molecule has 1 unspecified atom stereocenters. The Kier molecular flexibility index (Phi) is 5.43. The summed E-state index contributed by atoms with van der Waals surface area (Å²) in [6.07, 6.45) is 0.873. The Morgan fingerprint density at radius 3 is 2.55 bits per heavy atom. The number of methoxy groups -OCH3 is 1. The summed E-state index contributed by atoms with van der Waals surface area (Å²) in [5.74, 6) is 0.807. The number of alkyl halides is 1. The molecule has 0 bridgehead atoms. The first-order valence-corrected chi connectivity index (χ1v) is 8.80. The van der Waals surface area contributed by atoms with Gasteiger partial charge in [-0.05, 0) is 23.5 Å². The minimum absolute atomic E-state index is 0.0509. The van der Waals surface area contributed by atoms with Crippen LogP contribution in [0, 0.1) is 5.92 Å². The lowest BCUT2D eigenvalue weighted by molar-refractivity contribution is 0.157. The van der Waals surface area contributed by atoms with E-state index in [1.54, 1.807) is 11.4 Å². The van der Waals surface area contributed by atoms with Crippen molar-refractivity contribution in [1.29, 1.82) is 0 Å². The van der Waals surface area contributed by atoms with Gasteiger partial charge in [-0.2, -0.15) is 0 Å². The second-order valence-electron chi connectivity index (χ2n) is 5.17. The SMILES string of the molecule is COCC1CCN(S(=O)(=O)Cc2ccc(CCl)cc2)C1. The zero-order valence-electron chi connectivity index (χ0n) is 11.6. The van der Waals surface area contributed by atoms with E-state index in [9.17, 15) is 8.42 Å². The number of hydrogen-bond acceptors (Lipinski definition) is 3. The maximum absolute atomic E-state index is 12.4. The number of rotatable bonds is 6. The van der Waals surface area contributed by atoms with Gasteiger partial charge in [0.15, 0.2) is 0 Å². The van der Waals surface area contributed by atoms with Crippen LogP contribution in [0.25, 0.3) is 0 Å². The fourth-order valence-corrected chi connectivity index (χ4v) is 4.24. The van der Waals surface area contributed by atoms with Crippen LogP contribution in [-0.4, -0.2) is 39.5 Å². The lowest BCUT2D eigenvalue weighted by Gasteiger charge is -2.16. The molecule has 0 amide bonds. The van der Waals surface area contributed by atoms with Gasteiger partial charge in [-0.15, -0.1) is 11.6 Å². The Balaban J connectivity index is 2.00. The van der Waals surface area contributed by atoms with Crippen molar-refractivity contribution in [1.82, 2.24) is 4.31 Å². The van der Waals surface area contributed by atoms with Crippen LogP contribution in [0.2, 0.25) is 0 Å². The van der Waals surface area contributed by atoms with Crippen molar-refractivity contribution in [3.8, 4) is 0 Å². The standard InChI is InChI=1S/C14H20ClNO3S/c1-19-10-14-6-7-16(9-14)20(17,18)11-13-4-2-12(8-15)3-5-13/h2-5,14H,6-11H2,1H3. The Labute approximate surface area is 125 Å². The smallest absolute Gasteiger partial charge is 0.218 e. The first-order chi connectivity index (χ1) is 9.55. The molecule has 0 aromatic heterocycles. The van der Waals surface area contributed by atoms with Crippen LogP contribution in [0.3, 0.4) is 0 Å². The highest BCUT2D eigenvalue weighted by Gasteiger charge is 2.31. The maximum atomic E-state index is 12.4. The molecule has 20 heavy (non-hydrogen) atoms. The molecule has 1 saturated heterocycles. The molecule has 0 spiro atoms. The molecule has 1 aromatic carbocycles. The van der Waals surface area contributed by atoms with E-state index in [4.69, 9.17) is 16.3 Å². The summed E-state index contributed by atoms with van der Waals surface area (Å²) >= 11 is 5.72. The first kappa shape index (κ1) is 15.8. The maximum Gasteiger partial charge on any atom is 0.218 e. The van der Waals surface area contributed by atoms with Gasteiger partial charge in [0.2, 0.25) is 10.0 Å². The Bertz CT molecular complexity index is 530. The van der Waals surface area contributed by atoms with Crippen molar-refractivity contribution in [3.05, 3.63) is 35.4 Å². The van der Waals surface area contributed by atoms with Gasteiger partial charge in [0.25, 0.3) is 0 Å². The molecule has 1 fully saturated rings. The van der Waals surface area contributed by atoms with Crippen LogP contribution in [0.4, 0.5) is 0 Å². The highest BCUT2D eigenvalue weighted by Crippen LogP contribution is 2.22. The molecule has 1 aliphatic rings. The van der Waals surface area contributed by atoms with E-state index in [0.29, 0.717) is 31.5 Å². The predicted octanol–water partition coefficient (Wildman–Crippen LogP) is 2.22. The van der Waals surface area contributed by atoms with Crippen molar-refractivity contribution >= 4 is 21.6 Å². The molecule has 0 radical (unpaired) electrons. The van der Waals surface area contributed by atoms with E-state index in [0.717, 1.165) is 17.5 Å². The largest absolute Gasteiger partial charge is 0.384 e. The molecular formula is C14H20ClNO3S. The fourth-order valence-electron chi connectivity index (χ4n) is 2.45. The zero-order valence-corrected chi connectivity index (χ0v) is 13.2. The topological polar surface area (TPSA) is 46.6 Å². The summed E-state index contributed by atoms with van der Waals surface area (Å²) in [6.45, 7) is 1.78. The molecule has 112 valence electrons. The van der Waals surface area contributed by atoms with Crippen LogP contribution >= 0.6 is 11.6 Å². The van der Waals surface area contributed by atoms with E-state index >= 15 is 0 Å². The molecule has 4 nitrogen and oxygen atoms in total. The predicted molar refractivity (Wildman–Crippen MR) is 80.2 cm³/mol. The summed E-state index contributed by atoms with van der Waals surface area (Å²) in [5.41, 5.74) is 1.79. The number of benzene rings is 1. The minimum atomic E-state index is -3.24. The third kappa shape index (κ3) is 3.95. The van der Waals surface area contributed by atoms with Crippen molar-refractivity contribution in [3.63, 3.8) is 0 Å². The Morgan fingerprint density at radius 1 is 1.30 bits per heavy atom. The van der Waals surface area contributed by atoms with Gasteiger partial charge in [0.05, 0.1) is 12.4 Å². The molecule has 1 aliphatic heterocycles. The van der Waals surface area contributed by atoms with Gasteiger partial charge < -0.3 is 4.74 Å². The number of sulfonamides is 1. The number of hydrogen-bond donors (Lipinski definition) is 0. The molecule has 0 aliphatic carbocycles. The summed E-state index contributed by atoms with van der Waals surface area (Å²) in [6, 6.07) is 7.40. The summed E-state index contributed by atoms with van der Waals surface area (Å²) < 4.78 is 31.4. The van der Waals surface area contributed by atoms with Crippen molar-refractivity contribution < 1.29 is 13.2 Å². The Morgan fingerprint density at radius 2 is 1.95 bits per heavy atom. The van der Waals surface area contributed by atoms with Gasteiger partial charge in [-0.1, -0.05) is 24.3 Å². The van der Waals surface area contributed by atoms with E-state index < -0.39 is 10.0 Å². The number of nitrogens with zero attached hydrogens (tertiary/aromatic N) is 1. The van der Waals surface area contributed by atoms with Crippen LogP contribution in [0.5, 0.6) is 0 Å². The van der Waals surface area contributed by atoms with Crippen LogP contribution in [-0.2, 0) is 26.4 Å². The first-order valence-electron chi connectivity index (χ1n) is 6.65. The molecule has 1 heterocycles. The third-order valence-corrected chi connectivity index (χ3v) is 5.70. The van der Waals surface area contributed by atoms with Gasteiger partial charge >= 0.3 is 0 Å². The highest BCUT2D eigenvalue weighted by molar-refractivity contribution is 7.88. The normalized spacial score (nSPS) is 20.4. The lowest BCUT2D eigenvalue weighted by atomic mass is 10.1. The lowest BCUT2D eigenvalue weighted by Crippen LogP contribution is -2.30. The second kappa shape index (κ2) is 6.89. The van der Waals surface area contributed by atoms with Gasteiger partial charge in [0.1, 0.15) is 0 Å². The second-order valence-corrected chi connectivity index (χ2v) is 7.41. The van der Waals surface area contributed by atoms with E-state index in [-0.39, 0.29) is 5.75 Å². The summed E-state index contributed by atoms with van der Waals surface area (Å²) in [7, 11) is -1.59. The van der Waals surface area contributed by atoms with Gasteiger partial charge in [-0.3, -0.25) is 0 Å². The number of ether oxygens (including phenoxy) is 1. The minimum Gasteiger partial charge on any atom is -0.384 e. The van der Waals surface area contributed by atoms with Crippen molar-refractivity contribution in [2.24, 2.45) is 5.92 Å². The van der Waals surface area contributed by atoms with E-state index in [1.165, 1.54) is 0 Å². The average molecular weight is 318 g/mol. The van der Waals surface area contributed by atoms with Crippen LogP contribution < -0.4 is 0 Å². The molecule has 1 atom stereocenters. The molecule has 6 heteroatoms. The zero-order chi connectivity index (χ0) is 14.6. The average Bonchev–Trinajstić information content (AvgIpc) is 2.89. The molecule has 0 saturated carbocycles. The van der Waals surface area contributed by atoms with Crippen LogP contribution in [0.15, 0.2) is 24.3 Å². The van der Waals surface area contributed by atoms with Crippen molar-refractivity contribution in [2.45, 2.75) is 18.1 Å². The molecule has 0 N–H and O–H groups in total. The molecular weight excluding hydrogens is 298 g/mol. The highest BCUT2D eigenvalue weighted by atomic mass is 35.5. The van der Waals surface area contributed by atoms with E-state index in [1.807, 2.05) is 24.3 Å². The monoisotopic (exact) mass is 317 g/mol. The van der Waals surface area contributed by atoms with Crippen molar-refractivity contribution in [2.75, 3.05) is 26.8 Å². The molecule has 2 rings (SSSR count). The van der Waals surface area contributed by atoms with Gasteiger partial charge in [-0.25, -0.2) is 12.7 Å². The molecule has 1 aromatic rings. The van der Waals surface area contributed by atoms with Crippen LogP contribution in [0.1, 0.15) is 17.5 Å². The fraction of sp³-hybridized carbons (Fsp3) is 0.571.